The molecule has 0 aliphatic rings. The third kappa shape index (κ3) is 2.74. The Kier molecular flexibility index (Phi) is 3.50. The number of hydrogen-bond acceptors (Lipinski definition) is 5. The molecule has 124 valence electrons. The number of rotatable bonds is 3. The number of nitrogens with zero attached hydrogens (tertiary/aromatic N) is 3. The Morgan fingerprint density at radius 1 is 1.00 bits per heavy atom. The van der Waals surface area contributed by atoms with Crippen molar-refractivity contribution in [1.29, 1.82) is 0 Å². The molecule has 0 bridgehead atoms. The molecule has 0 atom stereocenters. The van der Waals surface area contributed by atoms with Crippen LogP contribution in [0.2, 0.25) is 0 Å². The van der Waals surface area contributed by atoms with Crippen LogP contribution in [-0.2, 0) is 0 Å². The zero-order valence-corrected chi connectivity index (χ0v) is 12.7. The van der Waals surface area contributed by atoms with Crippen molar-refractivity contribution in [2.24, 2.45) is 0 Å². The number of aromatic amines is 1. The lowest BCUT2D eigenvalue weighted by Crippen LogP contribution is -1.93. The average Bonchev–Trinajstić information content (AvgIpc) is 3.04. The van der Waals surface area contributed by atoms with Gasteiger partial charge in [-0.15, -0.1) is 0 Å². The van der Waals surface area contributed by atoms with E-state index in [1.807, 2.05) is 0 Å². The Balaban J connectivity index is 1.67. The summed E-state index contributed by atoms with van der Waals surface area (Å²) in [5, 5.41) is 7.58. The highest BCUT2D eigenvalue weighted by Crippen LogP contribution is 2.31. The zero-order valence-electron chi connectivity index (χ0n) is 12.7. The van der Waals surface area contributed by atoms with Crippen molar-refractivity contribution >= 4 is 16.9 Å². The van der Waals surface area contributed by atoms with Crippen molar-refractivity contribution in [3.05, 3.63) is 60.4 Å². The van der Waals surface area contributed by atoms with E-state index in [0.29, 0.717) is 28.3 Å². The first-order valence-electron chi connectivity index (χ1n) is 7.30. The minimum Gasteiger partial charge on any atom is -0.454 e. The number of halogens is 2. The first kappa shape index (κ1) is 15.0. The number of aromatic nitrogens is 4. The van der Waals surface area contributed by atoms with Gasteiger partial charge in [0, 0.05) is 11.6 Å². The lowest BCUT2D eigenvalue weighted by atomic mass is 10.1. The number of benzene rings is 2. The highest BCUT2D eigenvalue weighted by molar-refractivity contribution is 5.97. The summed E-state index contributed by atoms with van der Waals surface area (Å²) in [7, 11) is 0. The van der Waals surface area contributed by atoms with Crippen molar-refractivity contribution in [2.45, 2.75) is 0 Å². The Labute approximate surface area is 140 Å². The summed E-state index contributed by atoms with van der Waals surface area (Å²) in [6.07, 6.45) is 1.34. The molecular weight excluding hydrogens is 328 g/mol. The van der Waals surface area contributed by atoms with E-state index in [4.69, 9.17) is 10.5 Å². The Bertz CT molecular complexity index is 1060. The van der Waals surface area contributed by atoms with E-state index < -0.39 is 11.6 Å². The molecule has 2 aromatic heterocycles. The Hall–Kier alpha value is -3.55. The molecule has 0 fully saturated rings. The maximum Gasteiger partial charge on any atom is 0.186 e. The fourth-order valence-electron chi connectivity index (χ4n) is 2.46. The molecular formula is C17H11F2N5O. The van der Waals surface area contributed by atoms with Crippen LogP contribution in [0.15, 0.2) is 48.8 Å². The van der Waals surface area contributed by atoms with E-state index in [9.17, 15) is 8.78 Å². The molecule has 2 heterocycles. The lowest BCUT2D eigenvalue weighted by Gasteiger charge is -2.08. The number of fused-ring (bicyclic) bond motifs is 1. The molecule has 0 radical (unpaired) electrons. The van der Waals surface area contributed by atoms with Gasteiger partial charge < -0.3 is 10.5 Å². The summed E-state index contributed by atoms with van der Waals surface area (Å²) < 4.78 is 32.2. The van der Waals surface area contributed by atoms with Gasteiger partial charge in [-0.05, 0) is 36.4 Å². The standard InChI is InChI=1S/C17H11F2N5O/c18-10-3-6-12(19)13(7-10)25-11-4-1-9(2-5-11)15-14-16(20)21-8-22-17(14)24-23-15/h1-8H,(H3,20,21,22,23,24). The van der Waals surface area contributed by atoms with E-state index in [1.54, 1.807) is 24.3 Å². The number of anilines is 1. The fraction of sp³-hybridized carbons (Fsp3) is 0. The normalized spacial score (nSPS) is 11.0. The monoisotopic (exact) mass is 339 g/mol. The number of nitrogen functional groups attached to an aromatic ring is 1. The van der Waals surface area contributed by atoms with Crippen LogP contribution in [0.3, 0.4) is 0 Å². The van der Waals surface area contributed by atoms with Crippen molar-refractivity contribution in [1.82, 2.24) is 20.2 Å². The first-order valence-corrected chi connectivity index (χ1v) is 7.30. The van der Waals surface area contributed by atoms with Crippen LogP contribution in [0.1, 0.15) is 0 Å². The number of hydrogen-bond donors (Lipinski definition) is 2. The Morgan fingerprint density at radius 2 is 1.80 bits per heavy atom. The third-order valence-corrected chi connectivity index (χ3v) is 3.64. The van der Waals surface area contributed by atoms with Crippen LogP contribution in [0.5, 0.6) is 11.5 Å². The molecule has 0 spiro atoms. The summed E-state index contributed by atoms with van der Waals surface area (Å²) >= 11 is 0. The van der Waals surface area contributed by atoms with Crippen LogP contribution < -0.4 is 10.5 Å². The summed E-state index contributed by atoms with van der Waals surface area (Å²) in [5.41, 5.74) is 7.79. The quantitative estimate of drug-likeness (QED) is 0.594. The topological polar surface area (TPSA) is 89.7 Å². The number of nitrogens with two attached hydrogens (primary N) is 1. The number of nitrogens with one attached hydrogen (secondary N) is 1. The number of H-pyrrole nitrogens is 1. The molecule has 6 nitrogen and oxygen atoms in total. The molecule has 3 N–H and O–H groups in total. The predicted octanol–water partition coefficient (Wildman–Crippen LogP) is 3.67. The van der Waals surface area contributed by atoms with Crippen LogP contribution in [-0.4, -0.2) is 20.2 Å². The highest BCUT2D eigenvalue weighted by Gasteiger charge is 2.13. The van der Waals surface area contributed by atoms with E-state index >= 15 is 0 Å². The Morgan fingerprint density at radius 3 is 2.60 bits per heavy atom. The fourth-order valence-corrected chi connectivity index (χ4v) is 2.46. The van der Waals surface area contributed by atoms with Gasteiger partial charge in [0.15, 0.2) is 17.2 Å². The van der Waals surface area contributed by atoms with Crippen LogP contribution in [0.4, 0.5) is 14.6 Å². The molecule has 0 unspecified atom stereocenters. The van der Waals surface area contributed by atoms with Crippen molar-refractivity contribution in [3.63, 3.8) is 0 Å². The molecule has 0 amide bonds. The van der Waals surface area contributed by atoms with E-state index in [-0.39, 0.29) is 5.75 Å². The molecule has 25 heavy (non-hydrogen) atoms. The second-order valence-electron chi connectivity index (χ2n) is 5.26. The lowest BCUT2D eigenvalue weighted by molar-refractivity contribution is 0.436. The molecule has 8 heteroatoms. The summed E-state index contributed by atoms with van der Waals surface area (Å²) in [5.74, 6) is -0.725. The second kappa shape index (κ2) is 5.82. The van der Waals surface area contributed by atoms with E-state index in [1.165, 1.54) is 6.33 Å². The minimum absolute atomic E-state index is 0.183. The molecule has 0 aliphatic carbocycles. The number of ether oxygens (including phenoxy) is 1. The highest BCUT2D eigenvalue weighted by atomic mass is 19.1. The SMILES string of the molecule is Nc1ncnc2n[nH]c(-c3ccc(Oc4cc(F)ccc4F)cc3)c12. The molecule has 4 rings (SSSR count). The maximum atomic E-state index is 13.6. The first-order chi connectivity index (χ1) is 12.1. The van der Waals surface area contributed by atoms with Crippen molar-refractivity contribution in [3.8, 4) is 22.8 Å². The van der Waals surface area contributed by atoms with Gasteiger partial charge in [0.25, 0.3) is 0 Å². The molecule has 0 saturated heterocycles. The maximum absolute atomic E-state index is 13.6. The smallest absolute Gasteiger partial charge is 0.186 e. The van der Waals surface area contributed by atoms with Gasteiger partial charge in [0.05, 0.1) is 11.1 Å². The average molecular weight is 339 g/mol. The molecule has 2 aromatic carbocycles. The van der Waals surface area contributed by atoms with E-state index in [0.717, 1.165) is 23.8 Å². The minimum atomic E-state index is -0.644. The largest absolute Gasteiger partial charge is 0.454 e. The van der Waals surface area contributed by atoms with Crippen molar-refractivity contribution < 1.29 is 13.5 Å². The summed E-state index contributed by atoms with van der Waals surface area (Å²) in [6, 6.07) is 9.78. The third-order valence-electron chi connectivity index (χ3n) is 3.64. The van der Waals surface area contributed by atoms with Gasteiger partial charge in [0.1, 0.15) is 23.7 Å². The van der Waals surface area contributed by atoms with Crippen LogP contribution in [0.25, 0.3) is 22.3 Å². The molecule has 4 aromatic rings. The van der Waals surface area contributed by atoms with Gasteiger partial charge in [-0.3, -0.25) is 5.10 Å². The van der Waals surface area contributed by atoms with Gasteiger partial charge in [0.2, 0.25) is 0 Å². The van der Waals surface area contributed by atoms with Gasteiger partial charge in [-0.25, -0.2) is 18.7 Å². The zero-order chi connectivity index (χ0) is 17.4. The van der Waals surface area contributed by atoms with Gasteiger partial charge in [-0.1, -0.05) is 0 Å². The van der Waals surface area contributed by atoms with Crippen molar-refractivity contribution in [2.75, 3.05) is 5.73 Å². The predicted molar refractivity (Wildman–Crippen MR) is 88.0 cm³/mol. The van der Waals surface area contributed by atoms with Crippen LogP contribution in [0, 0.1) is 11.6 Å². The van der Waals surface area contributed by atoms with Crippen LogP contribution >= 0.6 is 0 Å². The summed E-state index contributed by atoms with van der Waals surface area (Å²) in [4.78, 5) is 8.01. The molecule has 0 aliphatic heterocycles. The summed E-state index contributed by atoms with van der Waals surface area (Å²) in [6.45, 7) is 0. The van der Waals surface area contributed by atoms with E-state index in [2.05, 4.69) is 20.2 Å². The molecule has 0 saturated carbocycles. The van der Waals surface area contributed by atoms with Gasteiger partial charge in [-0.2, -0.15) is 5.10 Å². The van der Waals surface area contributed by atoms with Gasteiger partial charge >= 0.3 is 0 Å². The second-order valence-corrected chi connectivity index (χ2v) is 5.26.